The van der Waals surface area contributed by atoms with Gasteiger partial charge < -0.3 is 25.8 Å². The molecule has 3 N–H and O–H groups in total. The molecular weight excluding hydrogens is 490 g/mol. The number of benzene rings is 1. The van der Waals surface area contributed by atoms with Crippen molar-refractivity contribution >= 4 is 29.0 Å². The van der Waals surface area contributed by atoms with Crippen molar-refractivity contribution < 1.29 is 14.4 Å². The van der Waals surface area contributed by atoms with Gasteiger partial charge in [0.15, 0.2) is 5.78 Å². The van der Waals surface area contributed by atoms with Gasteiger partial charge >= 0.3 is 0 Å². The van der Waals surface area contributed by atoms with Gasteiger partial charge in [0.05, 0.1) is 12.0 Å². The third kappa shape index (κ3) is 6.79. The van der Waals surface area contributed by atoms with E-state index in [0.717, 1.165) is 26.2 Å². The van der Waals surface area contributed by atoms with Crippen molar-refractivity contribution in [2.45, 2.75) is 83.3 Å². The summed E-state index contributed by atoms with van der Waals surface area (Å²) in [6.45, 7) is 8.13. The van der Waals surface area contributed by atoms with Gasteiger partial charge in [0.2, 0.25) is 11.8 Å². The van der Waals surface area contributed by atoms with Gasteiger partial charge in [-0.05, 0) is 83.0 Å². The number of carbonyl (C=O) groups is 3. The molecule has 4 aliphatic rings. The molecule has 3 heterocycles. The van der Waals surface area contributed by atoms with Crippen molar-refractivity contribution in [2.24, 2.45) is 5.92 Å². The number of allylic oxidation sites excluding steroid dienone is 1. The lowest BCUT2D eigenvalue weighted by atomic mass is 9.83. The Hall–Kier alpha value is -2.97. The van der Waals surface area contributed by atoms with Gasteiger partial charge in [0, 0.05) is 60.7 Å². The average molecular weight is 534 g/mol. The van der Waals surface area contributed by atoms with Crippen molar-refractivity contribution in [3.8, 4) is 0 Å². The number of carbonyl (C=O) groups excluding carboxylic acids is 3. The fraction of sp³-hybridized carbons (Fsp3) is 0.581. The molecule has 39 heavy (non-hydrogen) atoms. The minimum absolute atomic E-state index is 0.00592. The van der Waals surface area contributed by atoms with E-state index in [1.165, 1.54) is 38.5 Å². The zero-order valence-electron chi connectivity index (χ0n) is 23.4. The van der Waals surface area contributed by atoms with Crippen LogP contribution in [0.3, 0.4) is 0 Å². The molecule has 0 bridgehead atoms. The fourth-order valence-electron chi connectivity index (χ4n) is 6.38. The van der Waals surface area contributed by atoms with E-state index in [0.29, 0.717) is 47.6 Å². The van der Waals surface area contributed by atoms with Crippen LogP contribution in [0.15, 0.2) is 42.1 Å². The molecule has 4 unspecified atom stereocenters. The van der Waals surface area contributed by atoms with Crippen LogP contribution in [0.2, 0.25) is 0 Å². The van der Waals surface area contributed by atoms with Crippen LogP contribution in [-0.4, -0.2) is 71.7 Å². The molecule has 2 fully saturated rings. The first-order valence-corrected chi connectivity index (χ1v) is 14.8. The first kappa shape index (κ1) is 27.6. The van der Waals surface area contributed by atoms with E-state index in [2.05, 4.69) is 39.6 Å². The second-order valence-corrected chi connectivity index (χ2v) is 11.7. The van der Waals surface area contributed by atoms with Gasteiger partial charge in [-0.25, -0.2) is 0 Å². The van der Waals surface area contributed by atoms with E-state index < -0.39 is 0 Å². The Balaban J connectivity index is 1.16. The maximum absolute atomic E-state index is 13.2. The number of nitrogens with zero attached hydrogens (tertiary/aromatic N) is 2. The molecule has 2 saturated heterocycles. The second-order valence-electron chi connectivity index (χ2n) is 11.7. The number of likely N-dealkylation sites (tertiary alicyclic amines) is 2. The summed E-state index contributed by atoms with van der Waals surface area (Å²) < 4.78 is 0. The zero-order valence-corrected chi connectivity index (χ0v) is 23.4. The molecule has 4 atom stereocenters. The minimum atomic E-state index is -0.320. The number of fused-ring (bicyclic) bond motifs is 2. The topological polar surface area (TPSA) is 93.8 Å². The number of hydrogen-bond donors (Lipinski definition) is 3. The van der Waals surface area contributed by atoms with Gasteiger partial charge in [0.25, 0.3) is 0 Å². The second kappa shape index (κ2) is 12.5. The van der Waals surface area contributed by atoms with Gasteiger partial charge in [-0.2, -0.15) is 0 Å². The first-order chi connectivity index (χ1) is 18.9. The largest absolute Gasteiger partial charge is 0.377 e. The third-order valence-corrected chi connectivity index (χ3v) is 8.84. The molecule has 0 saturated carbocycles. The number of anilines is 2. The molecule has 1 aromatic carbocycles. The van der Waals surface area contributed by atoms with Crippen molar-refractivity contribution in [1.82, 2.24) is 15.1 Å². The van der Waals surface area contributed by atoms with Crippen molar-refractivity contribution in [1.29, 1.82) is 0 Å². The molecule has 0 spiro atoms. The maximum atomic E-state index is 13.2. The van der Waals surface area contributed by atoms with E-state index in [4.69, 9.17) is 0 Å². The third-order valence-electron chi connectivity index (χ3n) is 8.84. The van der Waals surface area contributed by atoms with E-state index in [9.17, 15) is 14.4 Å². The van der Waals surface area contributed by atoms with Crippen LogP contribution >= 0.6 is 0 Å². The average Bonchev–Trinajstić information content (AvgIpc) is 2.92. The molecule has 8 heteroatoms. The standard InChI is InChI=1S/C31H43N5O3/c1-21-7-3-5-15-35(21)17-13-29(37)32-23-9-11-25-27(19-23)34-28-20-24(10-12-26(28)31(25)39)33-30(38)14-18-36-16-6-4-8-22(36)2/h9-12,19-22,25,27,34H,3-8,13-18H2,1-2H3,(H,32,37)(H,33,38). The van der Waals surface area contributed by atoms with Crippen LogP contribution in [0.25, 0.3) is 0 Å². The van der Waals surface area contributed by atoms with Crippen LogP contribution in [0.5, 0.6) is 0 Å². The van der Waals surface area contributed by atoms with E-state index in [1.807, 2.05) is 24.3 Å². The summed E-state index contributed by atoms with van der Waals surface area (Å²) in [7, 11) is 0. The molecule has 0 aromatic heterocycles. The number of nitrogens with one attached hydrogen (secondary N) is 3. The number of ketones is 1. The summed E-state index contributed by atoms with van der Waals surface area (Å²) in [5, 5.41) is 9.49. The Morgan fingerprint density at radius 1 is 0.923 bits per heavy atom. The lowest BCUT2D eigenvalue weighted by Crippen LogP contribution is -2.41. The molecule has 5 rings (SSSR count). The Kier molecular flexibility index (Phi) is 8.82. The summed E-state index contributed by atoms with van der Waals surface area (Å²) in [6, 6.07) is 6.25. The fourth-order valence-corrected chi connectivity index (χ4v) is 6.38. The Labute approximate surface area is 232 Å². The number of rotatable bonds is 8. The van der Waals surface area contributed by atoms with Crippen LogP contribution in [-0.2, 0) is 9.59 Å². The molecule has 3 aliphatic heterocycles. The highest BCUT2D eigenvalue weighted by atomic mass is 16.2. The lowest BCUT2D eigenvalue weighted by Gasteiger charge is -2.34. The summed E-state index contributed by atoms with van der Waals surface area (Å²) >= 11 is 0. The Morgan fingerprint density at radius 2 is 1.56 bits per heavy atom. The monoisotopic (exact) mass is 533 g/mol. The normalized spacial score (nSPS) is 27.1. The predicted molar refractivity (Wildman–Crippen MR) is 155 cm³/mol. The molecule has 1 aliphatic carbocycles. The zero-order chi connectivity index (χ0) is 27.4. The summed E-state index contributed by atoms with van der Waals surface area (Å²) in [6.07, 6.45) is 13.9. The molecular formula is C31H43N5O3. The molecule has 1 aromatic rings. The Bertz CT molecular complexity index is 1150. The summed E-state index contributed by atoms with van der Waals surface area (Å²) in [5.41, 5.74) is 2.73. The Morgan fingerprint density at radius 3 is 2.21 bits per heavy atom. The molecule has 2 amide bonds. The maximum Gasteiger partial charge on any atom is 0.225 e. The first-order valence-electron chi connectivity index (χ1n) is 14.8. The van der Waals surface area contributed by atoms with Crippen LogP contribution < -0.4 is 16.0 Å². The van der Waals surface area contributed by atoms with E-state index in [1.54, 1.807) is 12.1 Å². The van der Waals surface area contributed by atoms with Gasteiger partial charge in [-0.15, -0.1) is 0 Å². The summed E-state index contributed by atoms with van der Waals surface area (Å²) in [5.74, 6) is -0.298. The van der Waals surface area contributed by atoms with E-state index in [-0.39, 0.29) is 29.6 Å². The number of Topliss-reactive ketones (excluding diaryl/α,β-unsaturated/α-hetero) is 1. The van der Waals surface area contributed by atoms with Crippen molar-refractivity contribution in [3.05, 3.63) is 47.7 Å². The minimum Gasteiger partial charge on any atom is -0.377 e. The van der Waals surface area contributed by atoms with Crippen LogP contribution in [0, 0.1) is 5.92 Å². The quantitative estimate of drug-likeness (QED) is 0.461. The van der Waals surface area contributed by atoms with E-state index >= 15 is 0 Å². The van der Waals surface area contributed by atoms with Crippen LogP contribution in [0.4, 0.5) is 11.4 Å². The highest BCUT2D eigenvalue weighted by Gasteiger charge is 2.34. The summed E-state index contributed by atoms with van der Waals surface area (Å²) in [4.78, 5) is 43.3. The number of hydrogen-bond acceptors (Lipinski definition) is 6. The van der Waals surface area contributed by atoms with Gasteiger partial charge in [-0.1, -0.05) is 18.9 Å². The smallest absolute Gasteiger partial charge is 0.225 e. The number of amides is 2. The molecule has 210 valence electrons. The highest BCUT2D eigenvalue weighted by Crippen LogP contribution is 2.34. The molecule has 0 radical (unpaired) electrons. The highest BCUT2D eigenvalue weighted by molar-refractivity contribution is 6.07. The van der Waals surface area contributed by atoms with Gasteiger partial charge in [-0.3, -0.25) is 14.4 Å². The lowest BCUT2D eigenvalue weighted by molar-refractivity contribution is -0.121. The van der Waals surface area contributed by atoms with Crippen molar-refractivity contribution in [2.75, 3.05) is 36.8 Å². The SMILES string of the molecule is CC1CCCCN1CCC(=O)NC1=CC2Nc3cc(NC(=O)CCN4CCCCC4C)ccc3C(=O)C2C=C1. The van der Waals surface area contributed by atoms with Crippen LogP contribution in [0.1, 0.15) is 75.6 Å². The molecule has 8 nitrogen and oxygen atoms in total. The number of piperidine rings is 2. The van der Waals surface area contributed by atoms with Gasteiger partial charge in [0.1, 0.15) is 0 Å². The van der Waals surface area contributed by atoms with Crippen molar-refractivity contribution in [3.63, 3.8) is 0 Å². The predicted octanol–water partition coefficient (Wildman–Crippen LogP) is 4.32.